The molecule has 2 saturated heterocycles. The molecule has 12 amide bonds. The molecule has 0 bridgehead atoms. The number of halogens is 1. The standard InChI is InChI=1S/C74H117ClN12O15/c1-43(2)32-53-69(96)83(15)58(35-46(7)8)68(95)80-64(49(12)89)73(100)81(13)40-62(91)82(14)56(33-44(3)4)65(92)78-55(42-102-41-48(11)88)70(97)86(18)60(38-51-28-25-29-52(75)36-51)72(99)84(16)57(34-45(5)6)66(93)77-54(71(98)87-30-23-20-24-31-87)39-61(90)79-63(47(9)10)74(101)85(17)59(67(94)76-53)37-50-26-21-19-22-27-50/h19,21-22,25-26,28-29,36-37,43-49,53-60,63-64,88-89H,20,23-24,27,30-35,38-42H2,1-18H3,(H,76,94)(H,77,93)(H,78,92)(H,79,90)(H,80,95)/b50-37-/t48-,49+,53-,54-,55-,56-,57-,58-,59-,60-,63+,64-/m0/s1. The number of benzene rings is 1. The molecule has 0 aromatic heterocycles. The molecule has 12 atom stereocenters. The Morgan fingerprint density at radius 2 is 1.11 bits per heavy atom. The Morgan fingerprint density at radius 3 is 1.64 bits per heavy atom. The molecule has 0 unspecified atom stereocenters. The lowest BCUT2D eigenvalue weighted by Crippen LogP contribution is -2.62. The van der Waals surface area contributed by atoms with Crippen molar-refractivity contribution in [1.82, 2.24) is 60.9 Å². The largest absolute Gasteiger partial charge is 0.391 e. The topological polar surface area (TPSA) is 337 Å². The van der Waals surface area contributed by atoms with Crippen LogP contribution in [0.1, 0.15) is 146 Å². The normalized spacial score (nSPS) is 26.1. The van der Waals surface area contributed by atoms with Gasteiger partial charge in [0.1, 0.15) is 60.4 Å². The van der Waals surface area contributed by atoms with E-state index in [1.807, 2.05) is 53.7 Å². The Kier molecular flexibility index (Phi) is 34.8. The van der Waals surface area contributed by atoms with Crippen molar-refractivity contribution in [1.29, 1.82) is 0 Å². The zero-order valence-electron chi connectivity index (χ0n) is 63.3. The summed E-state index contributed by atoms with van der Waals surface area (Å²) in [5, 5.41) is 35.8. The van der Waals surface area contributed by atoms with Gasteiger partial charge in [0.2, 0.25) is 70.9 Å². The number of nitrogens with one attached hydrogen (secondary N) is 5. The zero-order chi connectivity index (χ0) is 76.7. The molecule has 1 aromatic carbocycles. The first-order chi connectivity index (χ1) is 47.7. The first kappa shape index (κ1) is 86.7. The predicted octanol–water partition coefficient (Wildman–Crippen LogP) is 3.38. The molecule has 1 aliphatic carbocycles. The van der Waals surface area contributed by atoms with Crippen LogP contribution < -0.4 is 26.6 Å². The van der Waals surface area contributed by atoms with Gasteiger partial charge >= 0.3 is 0 Å². The third-order valence-electron chi connectivity index (χ3n) is 18.5. The van der Waals surface area contributed by atoms with Gasteiger partial charge in [0.05, 0.1) is 38.4 Å². The summed E-state index contributed by atoms with van der Waals surface area (Å²) in [6.45, 7) is 19.7. The summed E-state index contributed by atoms with van der Waals surface area (Å²) in [5.74, 6) is -11.1. The number of likely N-dealkylation sites (N-methyl/N-ethyl adjacent to an activating group) is 6. The van der Waals surface area contributed by atoms with Crippen LogP contribution in [0.25, 0.3) is 0 Å². The molecule has 1 aromatic rings. The lowest BCUT2D eigenvalue weighted by Gasteiger charge is -2.37. The third kappa shape index (κ3) is 25.9. The highest BCUT2D eigenvalue weighted by atomic mass is 35.5. The Morgan fingerprint density at radius 1 is 0.578 bits per heavy atom. The summed E-state index contributed by atoms with van der Waals surface area (Å²) in [6, 6.07) is -7.76. The molecule has 3 aliphatic rings. The number of nitrogens with zero attached hydrogens (tertiary/aromatic N) is 7. The third-order valence-corrected chi connectivity index (χ3v) is 18.7. The lowest BCUT2D eigenvalue weighted by molar-refractivity contribution is -0.151. The molecular weight excluding hydrogens is 1330 g/mol. The first-order valence-corrected chi connectivity index (χ1v) is 36.2. The summed E-state index contributed by atoms with van der Waals surface area (Å²) in [6.07, 6.45) is 7.95. The molecule has 0 spiro atoms. The fraction of sp³-hybridized carbons (Fsp3) is 0.676. The highest BCUT2D eigenvalue weighted by molar-refractivity contribution is 6.30. The van der Waals surface area contributed by atoms with E-state index in [1.165, 1.54) is 65.9 Å². The Balaban J connectivity index is 2.01. The van der Waals surface area contributed by atoms with E-state index in [9.17, 15) is 39.0 Å². The minimum absolute atomic E-state index is 0.0123. The second-order valence-electron chi connectivity index (χ2n) is 29.8. The van der Waals surface area contributed by atoms with Crippen molar-refractivity contribution in [3.8, 4) is 0 Å². The Bertz CT molecular complexity index is 3170. The Hall–Kier alpha value is -7.75. The van der Waals surface area contributed by atoms with Crippen LogP contribution >= 0.6 is 11.6 Å². The smallest absolute Gasteiger partial charge is 0.248 e. The monoisotopic (exact) mass is 1450 g/mol. The van der Waals surface area contributed by atoms with Crippen molar-refractivity contribution in [3.05, 3.63) is 70.8 Å². The van der Waals surface area contributed by atoms with Gasteiger partial charge < -0.3 is 75.8 Å². The van der Waals surface area contributed by atoms with Crippen LogP contribution in [0.4, 0.5) is 0 Å². The second-order valence-corrected chi connectivity index (χ2v) is 30.2. The van der Waals surface area contributed by atoms with Crippen molar-refractivity contribution in [2.24, 2.45) is 29.6 Å². The maximum atomic E-state index is 15.6. The van der Waals surface area contributed by atoms with Crippen molar-refractivity contribution in [3.63, 3.8) is 0 Å². The molecule has 2 aliphatic heterocycles. The number of piperidine rings is 1. The molecule has 28 heteroatoms. The maximum Gasteiger partial charge on any atom is 0.248 e. The van der Waals surface area contributed by atoms with E-state index in [0.717, 1.165) is 26.0 Å². The summed E-state index contributed by atoms with van der Waals surface area (Å²) < 4.78 is 5.82. The summed E-state index contributed by atoms with van der Waals surface area (Å²) in [5.41, 5.74) is 1.13. The minimum Gasteiger partial charge on any atom is -0.391 e. The van der Waals surface area contributed by atoms with Crippen LogP contribution in [0.2, 0.25) is 5.02 Å². The van der Waals surface area contributed by atoms with Gasteiger partial charge in [0.25, 0.3) is 0 Å². The number of amides is 12. The SMILES string of the molecule is CC(C)C[C@@H]1NC(=O)[C@H](/C=C2/C=CC=CC2)N(C)C(=O)[C@@H](C(C)C)NC(=O)C[C@@H](C(=O)N2CCCCC2)NC(=O)[C@H](CC(C)C)N(C)C(=O)[C@H](Cc2cccc(Cl)c2)N(C)C(=O)[C@H](COC[C@H](C)O)NC(=O)[C@H](CC(C)C)N(C)C(=O)CN(C)C(=O)[C@H]([C@@H](C)O)NC(=O)[C@H](CC(C)C)N(C)C1=O. The first-order valence-electron chi connectivity index (χ1n) is 35.8. The molecule has 570 valence electrons. The van der Waals surface area contributed by atoms with Crippen molar-refractivity contribution < 1.29 is 72.5 Å². The molecule has 4 rings (SSSR count). The quantitative estimate of drug-likeness (QED) is 0.111. The van der Waals surface area contributed by atoms with Crippen molar-refractivity contribution in [2.75, 3.05) is 75.1 Å². The second kappa shape index (κ2) is 40.9. The minimum atomic E-state index is -1.69. The van der Waals surface area contributed by atoms with E-state index in [0.29, 0.717) is 48.5 Å². The number of aliphatic hydroxyl groups excluding tert-OH is 2. The van der Waals surface area contributed by atoms with E-state index >= 15 is 28.8 Å². The average molecular weight is 1450 g/mol. The molecule has 102 heavy (non-hydrogen) atoms. The number of carbonyl (C=O) groups excluding carboxylic acids is 12. The number of hydrogen-bond donors (Lipinski definition) is 7. The predicted molar refractivity (Wildman–Crippen MR) is 388 cm³/mol. The molecular formula is C74H117ClN12O15. The number of hydrogen-bond acceptors (Lipinski definition) is 15. The lowest BCUT2D eigenvalue weighted by atomic mass is 9.97. The average Bonchev–Trinajstić information content (AvgIpc) is 0.821. The van der Waals surface area contributed by atoms with E-state index in [1.54, 1.807) is 75.1 Å². The van der Waals surface area contributed by atoms with Gasteiger partial charge in [0.15, 0.2) is 0 Å². The molecule has 27 nitrogen and oxygen atoms in total. The summed E-state index contributed by atoms with van der Waals surface area (Å²) in [4.78, 5) is 188. The maximum absolute atomic E-state index is 15.6. The van der Waals surface area contributed by atoms with Gasteiger partial charge in [0, 0.05) is 66.8 Å². The highest BCUT2D eigenvalue weighted by Gasteiger charge is 2.44. The van der Waals surface area contributed by atoms with Crippen LogP contribution in [0.3, 0.4) is 0 Å². The molecule has 7 N–H and O–H groups in total. The van der Waals surface area contributed by atoms with Crippen LogP contribution in [0.15, 0.2) is 60.2 Å². The number of aliphatic hydroxyl groups is 2. The van der Waals surface area contributed by atoms with Gasteiger partial charge in [-0.15, -0.1) is 0 Å². The van der Waals surface area contributed by atoms with E-state index in [2.05, 4.69) is 26.6 Å². The van der Waals surface area contributed by atoms with Crippen LogP contribution in [0, 0.1) is 29.6 Å². The van der Waals surface area contributed by atoms with Gasteiger partial charge in [-0.2, -0.15) is 0 Å². The van der Waals surface area contributed by atoms with Gasteiger partial charge in [-0.1, -0.05) is 117 Å². The van der Waals surface area contributed by atoms with E-state index in [4.69, 9.17) is 16.3 Å². The number of carbonyl (C=O) groups is 12. The van der Waals surface area contributed by atoms with Crippen molar-refractivity contribution >= 4 is 82.5 Å². The van der Waals surface area contributed by atoms with Crippen LogP contribution in [-0.2, 0) is 68.7 Å². The Labute approximate surface area is 608 Å². The summed E-state index contributed by atoms with van der Waals surface area (Å²) >= 11 is 6.51. The number of ether oxygens (including phenoxy) is 1. The number of likely N-dealkylation sites (tertiary alicyclic amines) is 1. The van der Waals surface area contributed by atoms with Gasteiger partial charge in [-0.25, -0.2) is 0 Å². The molecule has 2 fully saturated rings. The van der Waals surface area contributed by atoms with Crippen LogP contribution in [0.5, 0.6) is 0 Å². The molecule has 0 radical (unpaired) electrons. The van der Waals surface area contributed by atoms with Crippen molar-refractivity contribution in [2.45, 2.75) is 220 Å². The molecule has 0 saturated carbocycles. The zero-order valence-corrected chi connectivity index (χ0v) is 64.1. The van der Waals surface area contributed by atoms with Gasteiger partial charge in [-0.3, -0.25) is 57.5 Å². The number of allylic oxidation sites excluding steroid dienone is 5. The van der Waals surface area contributed by atoms with E-state index < -0.39 is 169 Å². The fourth-order valence-corrected chi connectivity index (χ4v) is 12.8. The van der Waals surface area contributed by atoms with Gasteiger partial charge in [-0.05, 0) is 124 Å². The number of rotatable bonds is 18. The molecule has 2 heterocycles. The summed E-state index contributed by atoms with van der Waals surface area (Å²) in [7, 11) is 8.10. The van der Waals surface area contributed by atoms with Crippen LogP contribution in [-0.4, -0.2) is 263 Å². The van der Waals surface area contributed by atoms with E-state index in [-0.39, 0.29) is 62.4 Å². The highest BCUT2D eigenvalue weighted by Crippen LogP contribution is 2.24. The fourth-order valence-electron chi connectivity index (χ4n) is 12.6.